The third-order valence-corrected chi connectivity index (χ3v) is 22.5. The summed E-state index contributed by atoms with van der Waals surface area (Å²) in [6.07, 6.45) is 2.60. The summed E-state index contributed by atoms with van der Waals surface area (Å²) in [5.74, 6) is -8.13. The number of nitrogens with two attached hydrogens (primary N) is 7. The van der Waals surface area contributed by atoms with Crippen molar-refractivity contribution >= 4 is 94.7 Å². The van der Waals surface area contributed by atoms with Gasteiger partial charge in [0.15, 0.2) is 17.9 Å². The molecule has 0 bridgehead atoms. The molecule has 0 aromatic heterocycles. The number of carbonyl (C=O) groups excluding carboxylic acids is 13. The molecule has 0 spiro atoms. The lowest BCUT2D eigenvalue weighted by molar-refractivity contribution is -0.140. The average molecular weight is 1880 g/mol. The number of benzene rings is 6. The molecule has 6 rings (SSSR count). The molecule has 6 aromatic carbocycles. The van der Waals surface area contributed by atoms with Crippen molar-refractivity contribution in [3.63, 3.8) is 0 Å². The molecule has 136 heavy (non-hydrogen) atoms. The van der Waals surface area contributed by atoms with Crippen LogP contribution in [0.4, 0.5) is 0 Å². The maximum absolute atomic E-state index is 15.5. The summed E-state index contributed by atoms with van der Waals surface area (Å²) in [6.45, 7) is 1.87. The lowest BCUT2D eigenvalue weighted by Gasteiger charge is -2.31. The Morgan fingerprint density at radius 1 is 0.257 bits per heavy atom. The van der Waals surface area contributed by atoms with Gasteiger partial charge in [0.2, 0.25) is 76.8 Å². The number of guanidine groups is 3. The van der Waals surface area contributed by atoms with Crippen LogP contribution in [0.5, 0.6) is 0 Å². The number of nitrogens with zero attached hydrogens (tertiary/aromatic N) is 6. The molecule has 0 aliphatic rings. The molecule has 38 heteroatoms. The van der Waals surface area contributed by atoms with Gasteiger partial charge >= 0.3 is 0 Å². The smallest absolute Gasteiger partial charge is 0.245 e. The monoisotopic (exact) mass is 1880 g/mol. The lowest BCUT2D eigenvalue weighted by atomic mass is 10.1. The first-order valence-electron chi connectivity index (χ1n) is 46.9. The fourth-order valence-corrected chi connectivity index (χ4v) is 15.4. The minimum atomic E-state index is -1.27. The Balaban J connectivity index is 1.23. The highest BCUT2D eigenvalue weighted by molar-refractivity contribution is 5.94. The van der Waals surface area contributed by atoms with Crippen LogP contribution in [0.2, 0.25) is 0 Å². The van der Waals surface area contributed by atoms with E-state index in [1.165, 1.54) is 36.3 Å². The Morgan fingerprint density at radius 3 is 0.603 bits per heavy atom. The molecule has 38 nitrogen and oxygen atoms in total. The zero-order valence-electron chi connectivity index (χ0n) is 78.4. The average Bonchev–Trinajstić information content (AvgIpc) is 0.858. The van der Waals surface area contributed by atoms with Crippen LogP contribution in [0, 0.1) is 16.2 Å². The zero-order valence-corrected chi connectivity index (χ0v) is 78.4. The largest absolute Gasteiger partial charge is 0.370 e. The lowest BCUT2D eigenvalue weighted by Crippen LogP contribution is -2.52. The molecule has 0 aliphatic heterocycles. The van der Waals surface area contributed by atoms with Gasteiger partial charge in [-0.25, -0.2) is 0 Å². The summed E-state index contributed by atoms with van der Waals surface area (Å²) >= 11 is 0. The van der Waals surface area contributed by atoms with E-state index in [-0.39, 0.29) is 213 Å². The third-order valence-electron chi connectivity index (χ3n) is 22.5. The number of primary amides is 1. The van der Waals surface area contributed by atoms with Crippen molar-refractivity contribution in [2.45, 2.75) is 217 Å². The van der Waals surface area contributed by atoms with E-state index in [4.69, 9.17) is 56.4 Å². The van der Waals surface area contributed by atoms with Crippen LogP contribution in [-0.2, 0) is 102 Å². The molecular weight excluding hydrogens is 1740 g/mol. The van der Waals surface area contributed by atoms with E-state index < -0.39 is 113 Å². The summed E-state index contributed by atoms with van der Waals surface area (Å²) in [5, 5.41) is 48.9. The van der Waals surface area contributed by atoms with Crippen molar-refractivity contribution in [1.82, 2.24) is 77.3 Å². The molecule has 26 N–H and O–H groups in total. The summed E-state index contributed by atoms with van der Waals surface area (Å²) in [6, 6.07) is 47.3. The van der Waals surface area contributed by atoms with Crippen LogP contribution in [0.1, 0.15) is 175 Å². The minimum absolute atomic E-state index is 0.00349. The van der Waals surface area contributed by atoms with Gasteiger partial charge in [-0.05, 0) is 149 Å². The zero-order chi connectivity index (χ0) is 98.8. The third kappa shape index (κ3) is 44.3. The van der Waals surface area contributed by atoms with E-state index in [9.17, 15) is 43.2 Å². The Morgan fingerprint density at radius 2 is 0.434 bits per heavy atom. The molecule has 0 saturated carbocycles. The second kappa shape index (κ2) is 63.3. The van der Waals surface area contributed by atoms with E-state index in [0.717, 1.165) is 11.1 Å². The van der Waals surface area contributed by atoms with Crippen LogP contribution >= 0.6 is 0 Å². The molecule has 738 valence electrons. The maximum atomic E-state index is 15.5. The van der Waals surface area contributed by atoms with E-state index >= 15 is 19.2 Å². The van der Waals surface area contributed by atoms with Crippen LogP contribution < -0.4 is 88.0 Å². The first-order chi connectivity index (χ1) is 65.5. The van der Waals surface area contributed by atoms with Gasteiger partial charge in [0.1, 0.15) is 36.3 Å². The Hall–Kier alpha value is -13.9. The van der Waals surface area contributed by atoms with Crippen molar-refractivity contribution in [1.29, 1.82) is 16.2 Å². The summed E-state index contributed by atoms with van der Waals surface area (Å²) in [7, 11) is 0. The fraction of sp³-hybridized carbons (Fsp3) is 0.469. The minimum Gasteiger partial charge on any atom is -0.370 e. The number of amides is 13. The highest BCUT2D eigenvalue weighted by Gasteiger charge is 2.35. The van der Waals surface area contributed by atoms with Gasteiger partial charge in [0.05, 0.1) is 0 Å². The van der Waals surface area contributed by atoms with Crippen LogP contribution in [0.25, 0.3) is 0 Å². The first-order valence-corrected chi connectivity index (χ1v) is 46.9. The summed E-state index contributed by atoms with van der Waals surface area (Å²) in [4.78, 5) is 196. The SMILES string of the molecule is CC(=O)N[C@@H](CCCCN)C(=O)N(CCC(=O)N[C@@H](CCCNC(=N)N)C(=O)N(CCC(=O)N[C@@H](CCCCN)C(=O)N(CCC(=O)N[C@@H](CCCNC(=N)N)C(=O)N(CCC(=O)N[C@@H](CCCCN)C(=O)N(CCC(=O)N[C@@H](CCCNC(=N)N)C(=O)N(CCC(N)=O)Cc1ccccc1)Cc1ccccc1)Cc1ccccc1)Cc1ccccc1)Cc1ccccc1)Cc1ccccc1. The number of nitrogens with one attached hydrogen (secondary N) is 12. The first kappa shape index (κ1) is 111. The van der Waals surface area contributed by atoms with Crippen LogP contribution in [0.15, 0.2) is 182 Å². The molecule has 0 fully saturated rings. The van der Waals surface area contributed by atoms with E-state index in [2.05, 4.69) is 47.9 Å². The van der Waals surface area contributed by atoms with Crippen molar-refractivity contribution in [3.05, 3.63) is 215 Å². The van der Waals surface area contributed by atoms with Crippen molar-refractivity contribution in [2.75, 3.05) is 78.5 Å². The molecule has 0 heterocycles. The van der Waals surface area contributed by atoms with Gasteiger partial charge in [0, 0.05) is 144 Å². The van der Waals surface area contributed by atoms with Crippen molar-refractivity contribution in [3.8, 4) is 0 Å². The number of carbonyl (C=O) groups is 13. The van der Waals surface area contributed by atoms with E-state index in [0.29, 0.717) is 80.2 Å². The summed E-state index contributed by atoms with van der Waals surface area (Å²) in [5.41, 5.74) is 44.6. The number of rotatable bonds is 66. The number of hydrogen-bond acceptors (Lipinski definition) is 19. The van der Waals surface area contributed by atoms with Crippen molar-refractivity contribution < 1.29 is 62.3 Å². The second-order valence-corrected chi connectivity index (χ2v) is 33.6. The second-order valence-electron chi connectivity index (χ2n) is 33.6. The van der Waals surface area contributed by atoms with Gasteiger partial charge in [-0.15, -0.1) is 0 Å². The van der Waals surface area contributed by atoms with Crippen LogP contribution in [0.3, 0.4) is 0 Å². The quantitative estimate of drug-likeness (QED) is 0.0148. The number of hydrogen-bond donors (Lipinski definition) is 19. The Bertz CT molecular complexity index is 4710. The highest BCUT2D eigenvalue weighted by Crippen LogP contribution is 2.21. The Kier molecular flexibility index (Phi) is 51.6. The predicted molar refractivity (Wildman–Crippen MR) is 521 cm³/mol. The fourth-order valence-electron chi connectivity index (χ4n) is 15.4. The molecule has 0 aliphatic carbocycles. The molecule has 0 radical (unpaired) electrons. The van der Waals surface area contributed by atoms with Gasteiger partial charge < -0.3 is 117 Å². The molecule has 6 atom stereocenters. The topological polar surface area (TPSA) is 603 Å². The van der Waals surface area contributed by atoms with Gasteiger partial charge in [-0.2, -0.15) is 0 Å². The van der Waals surface area contributed by atoms with Crippen molar-refractivity contribution in [2.24, 2.45) is 40.1 Å². The molecular formula is C98H143N25O13. The normalized spacial score (nSPS) is 12.2. The Labute approximate surface area is 797 Å². The van der Waals surface area contributed by atoms with E-state index in [1.807, 2.05) is 78.9 Å². The molecule has 6 aromatic rings. The van der Waals surface area contributed by atoms with E-state index in [1.54, 1.807) is 103 Å². The predicted octanol–water partition coefficient (Wildman–Crippen LogP) is 3.09. The van der Waals surface area contributed by atoms with Gasteiger partial charge in [-0.3, -0.25) is 78.6 Å². The molecule has 0 unspecified atom stereocenters. The molecule has 0 saturated heterocycles. The number of unbranched alkanes of at least 4 members (excludes halogenated alkanes) is 3. The van der Waals surface area contributed by atoms with Gasteiger partial charge in [0.25, 0.3) is 0 Å². The highest BCUT2D eigenvalue weighted by atomic mass is 16.2. The molecule has 13 amide bonds. The standard InChI is InChI=1S/C98H143N25O13/c1-71(124)112-78(41-20-23-53-99)90(131)119(66-73-31-10-3-11-32-73)60-48-87(128)116-82(45-27-57-110-97(105)106)94(135)122(69-76-37-16-6-17-38-76)63-49-85(126)114-80(43-22-25-55-101)92(133)121(68-75-35-14-5-15-36-75)62-52-89(130)117-83(46-28-58-111-98(107)108)95(136)123(70-77-39-18-7-19-40-77)64-50-86(127)113-79(42-21-24-54-100)91(132)120(67-74-33-12-4-13-34-74)61-51-88(129)115-81(44-26-56-109-96(103)104)93(134)118(59-47-84(102)125)65-72-29-8-2-9-30-72/h2-19,29-40,78-83H,20-28,41-70,99-101H2,1H3,(H2,102,125)(H,112,124)(H,113,127)(H,114,126)(H,115,129)(H,116,128)(H,117,130)(H4,103,104,109)(H4,105,106,110)(H4,107,108,111)/t78-,79-,80-,81-,82-,83-/m0/s1. The van der Waals surface area contributed by atoms with Gasteiger partial charge in [-0.1, -0.05) is 182 Å². The maximum Gasteiger partial charge on any atom is 0.245 e. The van der Waals surface area contributed by atoms with Crippen LogP contribution in [-0.4, -0.2) is 239 Å². The summed E-state index contributed by atoms with van der Waals surface area (Å²) < 4.78 is 0.